The zero-order valence-electron chi connectivity index (χ0n) is 17.0. The molecule has 0 bridgehead atoms. The molecule has 152 valence electrons. The number of aromatic nitrogens is 1. The lowest BCUT2D eigenvalue weighted by Crippen LogP contribution is -2.19. The number of methoxy groups -OCH3 is 1. The monoisotopic (exact) mass is 412 g/mol. The lowest BCUT2D eigenvalue weighted by molar-refractivity contribution is -0.143. The van der Waals surface area contributed by atoms with Crippen molar-refractivity contribution in [2.45, 2.75) is 33.7 Å². The van der Waals surface area contributed by atoms with E-state index in [-0.39, 0.29) is 18.3 Å². The van der Waals surface area contributed by atoms with E-state index in [1.54, 1.807) is 20.1 Å². The highest BCUT2D eigenvalue weighted by Crippen LogP contribution is 2.23. The molecule has 1 amide bonds. The number of carbonyl (C=O) groups excluding carboxylic acids is 2. The van der Waals surface area contributed by atoms with Crippen molar-refractivity contribution in [2.24, 2.45) is 4.99 Å². The zero-order valence-corrected chi connectivity index (χ0v) is 17.8. The number of benzene rings is 2. The van der Waals surface area contributed by atoms with Gasteiger partial charge in [0.1, 0.15) is 5.75 Å². The summed E-state index contributed by atoms with van der Waals surface area (Å²) in [5.74, 6) is 0.109. The summed E-state index contributed by atoms with van der Waals surface area (Å²) < 4.78 is 13.2. The maximum Gasteiger partial charge on any atom is 0.307 e. The number of thiazole rings is 1. The van der Waals surface area contributed by atoms with Gasteiger partial charge in [0.05, 0.1) is 30.4 Å². The third kappa shape index (κ3) is 4.74. The van der Waals surface area contributed by atoms with Crippen LogP contribution in [0.2, 0.25) is 0 Å². The number of aryl methyl sites for hydroxylation is 3. The normalized spacial score (nSPS) is 11.7. The van der Waals surface area contributed by atoms with E-state index < -0.39 is 0 Å². The standard InChI is InChI=1S/C22H24N2O4S/c1-5-28-20(25)10-11-24-18-13-17(27-4)8-9-19(18)29-22(24)23-21(26)16-7-6-14(2)15(3)12-16/h6-9,12-13H,5,10-11H2,1-4H3. The van der Waals surface area contributed by atoms with Gasteiger partial charge in [-0.25, -0.2) is 0 Å². The van der Waals surface area contributed by atoms with Crippen LogP contribution in [0, 0.1) is 13.8 Å². The third-order valence-corrected chi connectivity index (χ3v) is 5.74. The van der Waals surface area contributed by atoms with E-state index in [1.807, 2.05) is 48.7 Å². The zero-order chi connectivity index (χ0) is 21.0. The Morgan fingerprint density at radius 3 is 2.59 bits per heavy atom. The highest BCUT2D eigenvalue weighted by atomic mass is 32.1. The maximum atomic E-state index is 12.8. The van der Waals surface area contributed by atoms with Gasteiger partial charge in [-0.15, -0.1) is 0 Å². The van der Waals surface area contributed by atoms with Crippen LogP contribution in [0.15, 0.2) is 41.4 Å². The highest BCUT2D eigenvalue weighted by Gasteiger charge is 2.12. The molecule has 0 unspecified atom stereocenters. The fourth-order valence-electron chi connectivity index (χ4n) is 2.94. The fraction of sp³-hybridized carbons (Fsp3) is 0.318. The van der Waals surface area contributed by atoms with Crippen LogP contribution >= 0.6 is 11.3 Å². The number of hydrogen-bond donors (Lipinski definition) is 0. The summed E-state index contributed by atoms with van der Waals surface area (Å²) in [6, 6.07) is 11.2. The molecule has 3 aromatic rings. The average Bonchev–Trinajstić information content (AvgIpc) is 3.04. The van der Waals surface area contributed by atoms with Crippen molar-refractivity contribution in [3.05, 3.63) is 57.9 Å². The van der Waals surface area contributed by atoms with Crippen LogP contribution in [0.3, 0.4) is 0 Å². The molecule has 1 heterocycles. The van der Waals surface area contributed by atoms with Crippen molar-refractivity contribution < 1.29 is 19.1 Å². The summed E-state index contributed by atoms with van der Waals surface area (Å²) in [6.45, 7) is 6.45. The van der Waals surface area contributed by atoms with Crippen molar-refractivity contribution >= 4 is 33.4 Å². The van der Waals surface area contributed by atoms with E-state index in [0.717, 1.165) is 21.3 Å². The first-order valence-electron chi connectivity index (χ1n) is 9.42. The van der Waals surface area contributed by atoms with Crippen LogP contribution in [0.4, 0.5) is 0 Å². The summed E-state index contributed by atoms with van der Waals surface area (Å²) in [5.41, 5.74) is 3.58. The van der Waals surface area contributed by atoms with Crippen LogP contribution < -0.4 is 9.54 Å². The molecule has 3 rings (SSSR count). The maximum absolute atomic E-state index is 12.8. The van der Waals surface area contributed by atoms with Gasteiger partial charge in [0.25, 0.3) is 5.91 Å². The number of esters is 1. The molecule has 1 aromatic heterocycles. The largest absolute Gasteiger partial charge is 0.497 e. The molecule has 0 aliphatic rings. The molecular formula is C22H24N2O4S. The van der Waals surface area contributed by atoms with Crippen LogP contribution in [0.1, 0.15) is 34.8 Å². The van der Waals surface area contributed by atoms with E-state index in [2.05, 4.69) is 4.99 Å². The number of carbonyl (C=O) groups is 2. The van der Waals surface area contributed by atoms with Crippen molar-refractivity contribution in [1.82, 2.24) is 4.57 Å². The minimum atomic E-state index is -0.309. The second kappa shape index (κ2) is 9.05. The number of amides is 1. The Morgan fingerprint density at radius 1 is 1.10 bits per heavy atom. The Balaban J connectivity index is 2.05. The molecule has 0 spiro atoms. The van der Waals surface area contributed by atoms with Crippen LogP contribution in [0.25, 0.3) is 10.2 Å². The SMILES string of the molecule is CCOC(=O)CCn1c(=NC(=O)c2ccc(C)c(C)c2)sc2ccc(OC)cc21. The van der Waals surface area contributed by atoms with E-state index in [4.69, 9.17) is 9.47 Å². The molecule has 0 saturated carbocycles. The first kappa shape index (κ1) is 20.8. The summed E-state index contributed by atoms with van der Waals surface area (Å²) in [7, 11) is 1.60. The van der Waals surface area contributed by atoms with Crippen molar-refractivity contribution in [1.29, 1.82) is 0 Å². The van der Waals surface area contributed by atoms with Crippen molar-refractivity contribution in [3.8, 4) is 5.75 Å². The summed E-state index contributed by atoms with van der Waals surface area (Å²) >= 11 is 1.41. The smallest absolute Gasteiger partial charge is 0.307 e. The molecule has 29 heavy (non-hydrogen) atoms. The minimum Gasteiger partial charge on any atom is -0.497 e. The topological polar surface area (TPSA) is 69.9 Å². The molecule has 0 fully saturated rings. The van der Waals surface area contributed by atoms with Gasteiger partial charge in [-0.1, -0.05) is 17.4 Å². The lowest BCUT2D eigenvalue weighted by atomic mass is 10.1. The lowest BCUT2D eigenvalue weighted by Gasteiger charge is -2.06. The number of rotatable bonds is 6. The van der Waals surface area contributed by atoms with Gasteiger partial charge in [-0.2, -0.15) is 4.99 Å². The Morgan fingerprint density at radius 2 is 1.90 bits per heavy atom. The molecular weight excluding hydrogens is 388 g/mol. The van der Waals surface area contributed by atoms with Crippen molar-refractivity contribution in [3.63, 3.8) is 0 Å². The van der Waals surface area contributed by atoms with E-state index in [0.29, 0.717) is 29.3 Å². The van der Waals surface area contributed by atoms with Gasteiger partial charge in [0.15, 0.2) is 4.80 Å². The van der Waals surface area contributed by atoms with Gasteiger partial charge < -0.3 is 14.0 Å². The number of nitrogens with zero attached hydrogens (tertiary/aromatic N) is 2. The Labute approximate surface area is 173 Å². The molecule has 7 heteroatoms. The van der Waals surface area contributed by atoms with Gasteiger partial charge in [-0.05, 0) is 56.2 Å². The minimum absolute atomic E-state index is 0.196. The average molecular weight is 413 g/mol. The van der Waals surface area contributed by atoms with E-state index >= 15 is 0 Å². The molecule has 2 aromatic carbocycles. The van der Waals surface area contributed by atoms with E-state index in [9.17, 15) is 9.59 Å². The molecule has 0 radical (unpaired) electrons. The first-order chi connectivity index (χ1) is 13.9. The van der Waals surface area contributed by atoms with Crippen molar-refractivity contribution in [2.75, 3.05) is 13.7 Å². The molecule has 0 atom stereocenters. The number of hydrogen-bond acceptors (Lipinski definition) is 5. The Bertz CT molecular complexity index is 1130. The predicted molar refractivity (Wildman–Crippen MR) is 113 cm³/mol. The van der Waals surface area contributed by atoms with E-state index in [1.165, 1.54) is 11.3 Å². The summed E-state index contributed by atoms with van der Waals surface area (Å²) in [5, 5.41) is 0. The number of fused-ring (bicyclic) bond motifs is 1. The number of ether oxygens (including phenoxy) is 2. The second-order valence-corrected chi connectivity index (χ2v) is 7.65. The van der Waals surface area contributed by atoms with Gasteiger partial charge in [0, 0.05) is 18.2 Å². The first-order valence-corrected chi connectivity index (χ1v) is 10.2. The fourth-order valence-corrected chi connectivity index (χ4v) is 3.97. The second-order valence-electron chi connectivity index (χ2n) is 6.64. The Hall–Kier alpha value is -2.93. The molecule has 0 N–H and O–H groups in total. The van der Waals surface area contributed by atoms with Crippen LogP contribution in [0.5, 0.6) is 5.75 Å². The van der Waals surface area contributed by atoms with Gasteiger partial charge in [0.2, 0.25) is 0 Å². The molecule has 6 nitrogen and oxygen atoms in total. The Kier molecular flexibility index (Phi) is 6.49. The van der Waals surface area contributed by atoms with Crippen LogP contribution in [-0.2, 0) is 16.1 Å². The van der Waals surface area contributed by atoms with Crippen LogP contribution in [-0.4, -0.2) is 30.2 Å². The van der Waals surface area contributed by atoms with Gasteiger partial charge >= 0.3 is 5.97 Å². The van der Waals surface area contributed by atoms with Gasteiger partial charge in [-0.3, -0.25) is 9.59 Å². The highest BCUT2D eigenvalue weighted by molar-refractivity contribution is 7.16. The predicted octanol–water partition coefficient (Wildman–Crippen LogP) is 4.02. The summed E-state index contributed by atoms with van der Waals surface area (Å²) in [4.78, 5) is 29.6. The third-order valence-electron chi connectivity index (χ3n) is 4.68. The molecule has 0 aliphatic carbocycles. The molecule has 0 saturated heterocycles. The quantitative estimate of drug-likeness (QED) is 0.574. The summed E-state index contributed by atoms with van der Waals surface area (Å²) in [6.07, 6.45) is 0.196. The molecule has 0 aliphatic heterocycles.